The number of fused-ring (bicyclic) bond motifs is 1. The molecule has 0 unspecified atom stereocenters. The number of rotatable bonds is 4. The Morgan fingerprint density at radius 1 is 1.19 bits per heavy atom. The van der Waals surface area contributed by atoms with Gasteiger partial charge in [-0.25, -0.2) is 0 Å². The number of halogens is 1. The van der Waals surface area contributed by atoms with Gasteiger partial charge in [0.25, 0.3) is 5.91 Å². The molecule has 0 saturated carbocycles. The Kier molecular flexibility index (Phi) is 5.47. The molecule has 5 nitrogen and oxygen atoms in total. The van der Waals surface area contributed by atoms with E-state index < -0.39 is 18.0 Å². The zero-order valence-corrected chi connectivity index (χ0v) is 15.4. The average Bonchev–Trinajstić information content (AvgIpc) is 2.65. The molecule has 1 aliphatic heterocycles. The SMILES string of the molecule is CN(C)C(=O)[C@H](OC(=O)[C@@H]1COc2ccc(Cl)cc2C1)c1ccccc1. The molecule has 1 aliphatic rings. The fourth-order valence-electron chi connectivity index (χ4n) is 2.85. The number of carbonyl (C=O) groups excluding carboxylic acids is 2. The highest BCUT2D eigenvalue weighted by Gasteiger charge is 2.32. The first-order valence-electron chi connectivity index (χ1n) is 8.33. The maximum Gasteiger partial charge on any atom is 0.313 e. The van der Waals surface area contributed by atoms with Crippen LogP contribution in [0.1, 0.15) is 17.2 Å². The maximum absolute atomic E-state index is 12.7. The summed E-state index contributed by atoms with van der Waals surface area (Å²) in [6.07, 6.45) is -0.508. The van der Waals surface area contributed by atoms with Crippen molar-refractivity contribution in [1.29, 1.82) is 0 Å². The Morgan fingerprint density at radius 2 is 1.92 bits per heavy atom. The number of benzene rings is 2. The van der Waals surface area contributed by atoms with Gasteiger partial charge >= 0.3 is 5.97 Å². The Hall–Kier alpha value is -2.53. The van der Waals surface area contributed by atoms with Crippen LogP contribution in [-0.2, 0) is 20.7 Å². The number of likely N-dealkylation sites (N-methyl/N-ethyl adjacent to an activating group) is 1. The van der Waals surface area contributed by atoms with E-state index in [2.05, 4.69) is 0 Å². The first kappa shape index (κ1) is 18.3. The summed E-state index contributed by atoms with van der Waals surface area (Å²) in [6, 6.07) is 14.3. The van der Waals surface area contributed by atoms with E-state index in [1.165, 1.54) is 4.90 Å². The van der Waals surface area contributed by atoms with Gasteiger partial charge in [0, 0.05) is 24.7 Å². The Labute approximate surface area is 157 Å². The molecule has 136 valence electrons. The van der Waals surface area contributed by atoms with Gasteiger partial charge in [0.1, 0.15) is 12.4 Å². The molecule has 2 atom stereocenters. The van der Waals surface area contributed by atoms with E-state index in [0.29, 0.717) is 17.0 Å². The van der Waals surface area contributed by atoms with Gasteiger partial charge in [0.05, 0.1) is 5.92 Å². The zero-order chi connectivity index (χ0) is 18.7. The molecule has 0 aromatic heterocycles. The third-order valence-electron chi connectivity index (χ3n) is 4.26. The van der Waals surface area contributed by atoms with Gasteiger partial charge in [-0.05, 0) is 30.2 Å². The lowest BCUT2D eigenvalue weighted by molar-refractivity contribution is -0.164. The second-order valence-corrected chi connectivity index (χ2v) is 6.86. The molecule has 0 aliphatic carbocycles. The van der Waals surface area contributed by atoms with Gasteiger partial charge in [0.2, 0.25) is 6.10 Å². The molecule has 0 saturated heterocycles. The van der Waals surface area contributed by atoms with Crippen molar-refractivity contribution in [1.82, 2.24) is 4.90 Å². The van der Waals surface area contributed by atoms with E-state index in [0.717, 1.165) is 11.3 Å². The summed E-state index contributed by atoms with van der Waals surface area (Å²) in [5.41, 5.74) is 1.50. The quantitative estimate of drug-likeness (QED) is 0.772. The van der Waals surface area contributed by atoms with Gasteiger partial charge < -0.3 is 14.4 Å². The minimum atomic E-state index is -0.973. The molecular weight excluding hydrogens is 354 g/mol. The van der Waals surface area contributed by atoms with Gasteiger partial charge in [-0.1, -0.05) is 41.9 Å². The molecule has 0 fully saturated rings. The van der Waals surface area contributed by atoms with E-state index in [1.54, 1.807) is 56.6 Å². The number of amides is 1. The van der Waals surface area contributed by atoms with E-state index in [4.69, 9.17) is 21.1 Å². The van der Waals surface area contributed by atoms with Crippen LogP contribution in [0.2, 0.25) is 5.02 Å². The molecule has 0 radical (unpaired) electrons. The molecule has 6 heteroatoms. The van der Waals surface area contributed by atoms with Crippen LogP contribution in [0.5, 0.6) is 5.75 Å². The van der Waals surface area contributed by atoms with Crippen LogP contribution in [0, 0.1) is 5.92 Å². The number of hydrogen-bond acceptors (Lipinski definition) is 4. The summed E-state index contributed by atoms with van der Waals surface area (Å²) >= 11 is 6.02. The van der Waals surface area contributed by atoms with Crippen LogP contribution < -0.4 is 4.74 Å². The summed E-state index contributed by atoms with van der Waals surface area (Å²) in [6.45, 7) is 0.213. The van der Waals surface area contributed by atoms with Crippen molar-refractivity contribution >= 4 is 23.5 Å². The third kappa shape index (κ3) is 3.99. The lowest BCUT2D eigenvalue weighted by atomic mass is 9.96. The standard InChI is InChI=1S/C20H20ClNO4/c1-22(2)19(23)18(13-6-4-3-5-7-13)26-20(24)15-10-14-11-16(21)8-9-17(14)25-12-15/h3-9,11,15,18H,10,12H2,1-2H3/t15-,18+/m0/s1. The van der Waals surface area contributed by atoms with Crippen LogP contribution >= 0.6 is 11.6 Å². The first-order valence-corrected chi connectivity index (χ1v) is 8.71. The average molecular weight is 374 g/mol. The molecule has 2 aromatic carbocycles. The highest BCUT2D eigenvalue weighted by Crippen LogP contribution is 2.31. The normalized spacial score (nSPS) is 16.8. The monoisotopic (exact) mass is 373 g/mol. The minimum Gasteiger partial charge on any atom is -0.492 e. The minimum absolute atomic E-state index is 0.213. The second-order valence-electron chi connectivity index (χ2n) is 6.42. The molecule has 1 amide bonds. The molecule has 0 bridgehead atoms. The number of nitrogens with zero attached hydrogens (tertiary/aromatic N) is 1. The molecule has 0 spiro atoms. The van der Waals surface area contributed by atoms with Crippen LogP contribution in [-0.4, -0.2) is 37.5 Å². The van der Waals surface area contributed by atoms with E-state index in [1.807, 2.05) is 6.07 Å². The predicted octanol–water partition coefficient (Wildman–Crippen LogP) is 3.26. The number of carbonyl (C=O) groups is 2. The van der Waals surface area contributed by atoms with Crippen LogP contribution in [0.3, 0.4) is 0 Å². The third-order valence-corrected chi connectivity index (χ3v) is 4.50. The van der Waals surface area contributed by atoms with Crippen molar-refractivity contribution < 1.29 is 19.1 Å². The highest BCUT2D eigenvalue weighted by molar-refractivity contribution is 6.30. The van der Waals surface area contributed by atoms with E-state index in [9.17, 15) is 9.59 Å². The number of esters is 1. The van der Waals surface area contributed by atoms with Crippen molar-refractivity contribution in [2.75, 3.05) is 20.7 Å². The number of hydrogen-bond donors (Lipinski definition) is 0. The molecule has 3 rings (SSSR count). The van der Waals surface area contributed by atoms with Crippen molar-refractivity contribution in [3.63, 3.8) is 0 Å². The largest absolute Gasteiger partial charge is 0.492 e. The Morgan fingerprint density at radius 3 is 2.62 bits per heavy atom. The Balaban J connectivity index is 1.77. The van der Waals surface area contributed by atoms with Crippen molar-refractivity contribution in [3.05, 3.63) is 64.7 Å². The van der Waals surface area contributed by atoms with Gasteiger partial charge in [0.15, 0.2) is 0 Å². The van der Waals surface area contributed by atoms with E-state index in [-0.39, 0.29) is 12.5 Å². The van der Waals surface area contributed by atoms with Crippen molar-refractivity contribution in [2.24, 2.45) is 5.92 Å². The lowest BCUT2D eigenvalue weighted by Crippen LogP contribution is -2.35. The van der Waals surface area contributed by atoms with Gasteiger partial charge in [-0.15, -0.1) is 0 Å². The van der Waals surface area contributed by atoms with Crippen LogP contribution in [0.4, 0.5) is 0 Å². The maximum atomic E-state index is 12.7. The Bertz CT molecular complexity index is 807. The van der Waals surface area contributed by atoms with Crippen LogP contribution in [0.15, 0.2) is 48.5 Å². The van der Waals surface area contributed by atoms with Crippen molar-refractivity contribution in [3.8, 4) is 5.75 Å². The topological polar surface area (TPSA) is 55.8 Å². The summed E-state index contributed by atoms with van der Waals surface area (Å²) < 4.78 is 11.3. The molecule has 1 heterocycles. The molecule has 2 aromatic rings. The second kappa shape index (κ2) is 7.79. The fraction of sp³-hybridized carbons (Fsp3) is 0.300. The molecule has 0 N–H and O–H groups in total. The summed E-state index contributed by atoms with van der Waals surface area (Å²) in [7, 11) is 3.27. The predicted molar refractivity (Wildman–Crippen MR) is 98.1 cm³/mol. The van der Waals surface area contributed by atoms with Crippen molar-refractivity contribution in [2.45, 2.75) is 12.5 Å². The summed E-state index contributed by atoms with van der Waals surface area (Å²) in [5.74, 6) is -0.506. The smallest absolute Gasteiger partial charge is 0.313 e. The molecular formula is C20H20ClNO4. The summed E-state index contributed by atoms with van der Waals surface area (Å²) in [4.78, 5) is 26.6. The highest BCUT2D eigenvalue weighted by atomic mass is 35.5. The number of ether oxygens (including phenoxy) is 2. The van der Waals surface area contributed by atoms with Gasteiger partial charge in [-0.3, -0.25) is 9.59 Å². The summed E-state index contributed by atoms with van der Waals surface area (Å²) in [5, 5.41) is 0.589. The van der Waals surface area contributed by atoms with Crippen LogP contribution in [0.25, 0.3) is 0 Å². The fourth-order valence-corrected chi connectivity index (χ4v) is 3.04. The first-order chi connectivity index (χ1) is 12.5. The zero-order valence-electron chi connectivity index (χ0n) is 14.6. The van der Waals surface area contributed by atoms with Gasteiger partial charge in [-0.2, -0.15) is 0 Å². The van der Waals surface area contributed by atoms with E-state index >= 15 is 0 Å². The lowest BCUT2D eigenvalue weighted by Gasteiger charge is -2.27. The molecule has 26 heavy (non-hydrogen) atoms.